The lowest BCUT2D eigenvalue weighted by molar-refractivity contribution is -0.139. The zero-order chi connectivity index (χ0) is 15.3. The summed E-state index contributed by atoms with van der Waals surface area (Å²) in [6.07, 6.45) is -4.37. The van der Waals surface area contributed by atoms with Gasteiger partial charge in [-0.25, -0.2) is 0 Å². The lowest BCUT2D eigenvalue weighted by Gasteiger charge is -2.18. The van der Waals surface area contributed by atoms with Crippen LogP contribution in [0.3, 0.4) is 0 Å². The normalized spacial score (nSPS) is 10.9. The van der Waals surface area contributed by atoms with Crippen LogP contribution in [0.1, 0.15) is 40.7 Å². The molecular formula is C14H21F3O2S. The molecule has 0 atom stereocenters. The standard InChI is InChI=1S/C11H11F3O2S.C2H6.CH4/c1-10(2,9(15)16)17-8-5-3-7(4-6-8)11(12,13)14;1-2;/h3-6H,1-2H3,(H,15,16);1-2H3;1H4. The van der Waals surface area contributed by atoms with Gasteiger partial charge in [-0.1, -0.05) is 21.3 Å². The molecule has 0 saturated heterocycles. The molecule has 0 fully saturated rings. The summed E-state index contributed by atoms with van der Waals surface area (Å²) in [5, 5.41) is 8.89. The van der Waals surface area contributed by atoms with E-state index in [0.29, 0.717) is 4.90 Å². The zero-order valence-corrected chi connectivity index (χ0v) is 12.0. The van der Waals surface area contributed by atoms with Gasteiger partial charge in [-0.2, -0.15) is 13.2 Å². The Balaban J connectivity index is 0. The molecule has 1 aromatic rings. The van der Waals surface area contributed by atoms with Gasteiger partial charge >= 0.3 is 12.1 Å². The van der Waals surface area contributed by atoms with Crippen LogP contribution in [-0.4, -0.2) is 15.8 Å². The van der Waals surface area contributed by atoms with Crippen molar-refractivity contribution in [2.75, 3.05) is 0 Å². The third-order valence-electron chi connectivity index (χ3n) is 2.07. The molecule has 20 heavy (non-hydrogen) atoms. The lowest BCUT2D eigenvalue weighted by Crippen LogP contribution is -2.26. The highest BCUT2D eigenvalue weighted by Gasteiger charge is 2.31. The summed E-state index contributed by atoms with van der Waals surface area (Å²) >= 11 is 1.01. The molecule has 0 heterocycles. The van der Waals surface area contributed by atoms with E-state index in [9.17, 15) is 18.0 Å². The average Bonchev–Trinajstić information content (AvgIpc) is 2.30. The number of rotatable bonds is 3. The monoisotopic (exact) mass is 310 g/mol. The number of thioether (sulfide) groups is 1. The molecule has 0 radical (unpaired) electrons. The smallest absolute Gasteiger partial charge is 0.416 e. The van der Waals surface area contributed by atoms with E-state index in [1.807, 2.05) is 13.8 Å². The van der Waals surface area contributed by atoms with Crippen LogP contribution in [0, 0.1) is 0 Å². The zero-order valence-electron chi connectivity index (χ0n) is 11.2. The van der Waals surface area contributed by atoms with Crippen LogP contribution in [0.15, 0.2) is 29.2 Å². The predicted octanol–water partition coefficient (Wildman–Crippen LogP) is 5.32. The van der Waals surface area contributed by atoms with Crippen molar-refractivity contribution in [1.82, 2.24) is 0 Å². The van der Waals surface area contributed by atoms with E-state index in [-0.39, 0.29) is 7.43 Å². The summed E-state index contributed by atoms with van der Waals surface area (Å²) in [6.45, 7) is 7.00. The summed E-state index contributed by atoms with van der Waals surface area (Å²) < 4.78 is 35.8. The molecule has 2 nitrogen and oxygen atoms in total. The minimum absolute atomic E-state index is 0. The summed E-state index contributed by atoms with van der Waals surface area (Å²) in [6, 6.07) is 4.44. The van der Waals surface area contributed by atoms with Gasteiger partial charge in [0.05, 0.1) is 5.56 Å². The Labute approximate surface area is 122 Å². The number of carboxylic acid groups (broad SMARTS) is 1. The van der Waals surface area contributed by atoms with Crippen molar-refractivity contribution in [2.24, 2.45) is 0 Å². The quantitative estimate of drug-likeness (QED) is 0.767. The van der Waals surface area contributed by atoms with Gasteiger partial charge in [0, 0.05) is 4.90 Å². The van der Waals surface area contributed by atoms with Crippen LogP contribution >= 0.6 is 11.8 Å². The van der Waals surface area contributed by atoms with Crippen molar-refractivity contribution in [2.45, 2.75) is 50.9 Å². The maximum atomic E-state index is 12.3. The van der Waals surface area contributed by atoms with Gasteiger partial charge in [0.15, 0.2) is 0 Å². The highest BCUT2D eigenvalue weighted by molar-refractivity contribution is 8.01. The van der Waals surface area contributed by atoms with E-state index in [2.05, 4.69) is 0 Å². The minimum Gasteiger partial charge on any atom is -0.480 e. The second kappa shape index (κ2) is 8.19. The molecule has 0 aliphatic rings. The van der Waals surface area contributed by atoms with Crippen LogP contribution in [0.5, 0.6) is 0 Å². The molecule has 1 N–H and O–H groups in total. The molecule has 0 unspecified atom stereocenters. The van der Waals surface area contributed by atoms with Gasteiger partial charge in [0.25, 0.3) is 0 Å². The van der Waals surface area contributed by atoms with E-state index in [4.69, 9.17) is 5.11 Å². The highest BCUT2D eigenvalue weighted by atomic mass is 32.2. The van der Waals surface area contributed by atoms with Crippen LogP contribution in [0.2, 0.25) is 0 Å². The van der Waals surface area contributed by atoms with Crippen molar-refractivity contribution in [3.63, 3.8) is 0 Å². The first-order valence-corrected chi connectivity index (χ1v) is 6.54. The number of carboxylic acids is 1. The molecule has 1 aromatic carbocycles. The molecule has 0 saturated carbocycles. The summed E-state index contributed by atoms with van der Waals surface area (Å²) in [5.74, 6) is -1.01. The molecular weight excluding hydrogens is 289 g/mol. The van der Waals surface area contributed by atoms with Crippen LogP contribution in [0.4, 0.5) is 13.2 Å². The Hall–Kier alpha value is -1.17. The fourth-order valence-corrected chi connectivity index (χ4v) is 2.00. The van der Waals surface area contributed by atoms with Crippen molar-refractivity contribution in [3.8, 4) is 0 Å². The Morgan fingerprint density at radius 2 is 1.50 bits per heavy atom. The van der Waals surface area contributed by atoms with Crippen molar-refractivity contribution < 1.29 is 23.1 Å². The Morgan fingerprint density at radius 1 is 1.10 bits per heavy atom. The van der Waals surface area contributed by atoms with Gasteiger partial charge in [-0.15, -0.1) is 11.8 Å². The number of aliphatic carboxylic acids is 1. The van der Waals surface area contributed by atoms with Gasteiger partial charge in [0.2, 0.25) is 0 Å². The molecule has 0 aromatic heterocycles. The van der Waals surface area contributed by atoms with Crippen molar-refractivity contribution >= 4 is 17.7 Å². The number of carbonyl (C=O) groups is 1. The van der Waals surface area contributed by atoms with E-state index >= 15 is 0 Å². The predicted molar refractivity (Wildman–Crippen MR) is 77.1 cm³/mol. The summed E-state index contributed by atoms with van der Waals surface area (Å²) in [4.78, 5) is 11.3. The van der Waals surface area contributed by atoms with Crippen molar-refractivity contribution in [1.29, 1.82) is 0 Å². The van der Waals surface area contributed by atoms with Crippen molar-refractivity contribution in [3.05, 3.63) is 29.8 Å². The minimum atomic E-state index is -4.37. The van der Waals surface area contributed by atoms with Crippen LogP contribution in [0.25, 0.3) is 0 Å². The van der Waals surface area contributed by atoms with Crippen LogP contribution in [-0.2, 0) is 11.0 Å². The largest absolute Gasteiger partial charge is 0.480 e. The van der Waals surface area contributed by atoms with E-state index < -0.39 is 22.5 Å². The number of halogens is 3. The number of hydrogen-bond donors (Lipinski definition) is 1. The maximum absolute atomic E-state index is 12.3. The van der Waals surface area contributed by atoms with Gasteiger partial charge in [-0.05, 0) is 38.1 Å². The molecule has 1 rings (SSSR count). The third-order valence-corrected chi connectivity index (χ3v) is 3.26. The lowest BCUT2D eigenvalue weighted by atomic mass is 10.2. The van der Waals surface area contributed by atoms with Gasteiger partial charge < -0.3 is 5.11 Å². The first kappa shape index (κ1) is 21.1. The Bertz CT molecular complexity index is 411. The number of hydrogen-bond acceptors (Lipinski definition) is 2. The second-order valence-corrected chi connectivity index (χ2v) is 5.64. The topological polar surface area (TPSA) is 37.3 Å². The van der Waals surface area contributed by atoms with Crippen LogP contribution < -0.4 is 0 Å². The van der Waals surface area contributed by atoms with E-state index in [1.54, 1.807) is 0 Å². The molecule has 0 aliphatic heterocycles. The fraction of sp³-hybridized carbons (Fsp3) is 0.500. The van der Waals surface area contributed by atoms with E-state index in [1.165, 1.54) is 26.0 Å². The average molecular weight is 310 g/mol. The SMILES string of the molecule is C.CC.CC(C)(Sc1ccc(C(F)(F)F)cc1)C(=O)O. The summed E-state index contributed by atoms with van der Waals surface area (Å²) in [5.41, 5.74) is -0.741. The second-order valence-electron chi connectivity index (χ2n) is 3.94. The van der Waals surface area contributed by atoms with Gasteiger partial charge in [-0.3, -0.25) is 4.79 Å². The number of benzene rings is 1. The molecule has 0 bridgehead atoms. The Morgan fingerprint density at radius 3 is 1.80 bits per heavy atom. The maximum Gasteiger partial charge on any atom is 0.416 e. The first-order valence-electron chi connectivity index (χ1n) is 5.72. The summed E-state index contributed by atoms with van der Waals surface area (Å²) in [7, 11) is 0. The molecule has 6 heteroatoms. The highest BCUT2D eigenvalue weighted by Crippen LogP contribution is 2.35. The Kier molecular flexibility index (Phi) is 8.66. The van der Waals surface area contributed by atoms with Gasteiger partial charge in [0.1, 0.15) is 4.75 Å². The molecule has 116 valence electrons. The fourth-order valence-electron chi connectivity index (χ4n) is 1.05. The number of alkyl halides is 3. The van der Waals surface area contributed by atoms with E-state index in [0.717, 1.165) is 23.9 Å². The first-order chi connectivity index (χ1) is 8.63. The molecule has 0 aliphatic carbocycles. The third kappa shape index (κ3) is 6.32. The molecule has 0 amide bonds. The molecule has 0 spiro atoms.